The van der Waals surface area contributed by atoms with Gasteiger partial charge in [0.2, 0.25) is 0 Å². The van der Waals surface area contributed by atoms with Crippen LogP contribution in [0.4, 0.5) is 0 Å². The van der Waals surface area contributed by atoms with Gasteiger partial charge in [-0.1, -0.05) is 12.1 Å². The average Bonchev–Trinajstić information content (AvgIpc) is 3.07. The molecule has 3 rings (SSSR count). The second-order valence-electron chi connectivity index (χ2n) is 6.64. The number of benzene rings is 1. The van der Waals surface area contributed by atoms with Crippen LogP contribution in [0.5, 0.6) is 5.75 Å². The second kappa shape index (κ2) is 8.94. The lowest BCUT2D eigenvalue weighted by Crippen LogP contribution is -2.36. The Morgan fingerprint density at radius 1 is 1.15 bits per heavy atom. The predicted octanol–water partition coefficient (Wildman–Crippen LogP) is 1.39. The van der Waals surface area contributed by atoms with Crippen LogP contribution in [0, 0.1) is 5.92 Å². The summed E-state index contributed by atoms with van der Waals surface area (Å²) >= 11 is 0. The summed E-state index contributed by atoms with van der Waals surface area (Å²) < 4.78 is 10.1. The number of ether oxygens (including phenoxy) is 2. The molecule has 0 aliphatic carbocycles. The summed E-state index contributed by atoms with van der Waals surface area (Å²) in [6, 6.07) is 11.5. The zero-order chi connectivity index (χ0) is 19.2. The number of carbonyl (C=O) groups is 1. The molecule has 27 heavy (non-hydrogen) atoms. The van der Waals surface area contributed by atoms with Gasteiger partial charge in [-0.25, -0.2) is 5.43 Å². The number of esters is 1. The molecule has 4 atom stereocenters. The van der Waals surface area contributed by atoms with E-state index in [2.05, 4.69) is 15.8 Å². The van der Waals surface area contributed by atoms with Gasteiger partial charge in [0.1, 0.15) is 12.0 Å². The second-order valence-corrected chi connectivity index (χ2v) is 6.64. The summed E-state index contributed by atoms with van der Waals surface area (Å²) in [5, 5.41) is 10.6. The maximum absolute atomic E-state index is 12.0. The molecule has 0 bridgehead atoms. The standard InChI is InChI=1S/C20H25N3O4/c1-26-15-5-3-13(4-6-15)11-17-19(20(25)23-22-17)16(12-18(24)27-2)14-7-9-21-10-8-14/h3-10,16-17,19-20,22-23,25H,11-12H2,1-2H3. The normalized spacial score (nSPS) is 23.0. The summed E-state index contributed by atoms with van der Waals surface area (Å²) in [4.78, 5) is 16.1. The van der Waals surface area contributed by atoms with Gasteiger partial charge < -0.3 is 14.6 Å². The molecule has 144 valence electrons. The first kappa shape index (κ1) is 19.3. The van der Waals surface area contributed by atoms with E-state index in [-0.39, 0.29) is 30.3 Å². The van der Waals surface area contributed by atoms with Crippen LogP contribution in [0.3, 0.4) is 0 Å². The zero-order valence-electron chi connectivity index (χ0n) is 15.5. The van der Waals surface area contributed by atoms with Crippen molar-refractivity contribution in [2.24, 2.45) is 5.92 Å². The predicted molar refractivity (Wildman–Crippen MR) is 99.9 cm³/mol. The van der Waals surface area contributed by atoms with Crippen molar-refractivity contribution in [3.63, 3.8) is 0 Å². The molecule has 1 fully saturated rings. The summed E-state index contributed by atoms with van der Waals surface area (Å²) in [7, 11) is 3.01. The molecule has 4 unspecified atom stereocenters. The summed E-state index contributed by atoms with van der Waals surface area (Å²) in [5.41, 5.74) is 8.15. The molecule has 1 aliphatic rings. The summed E-state index contributed by atoms with van der Waals surface area (Å²) in [6.45, 7) is 0. The molecule has 2 aromatic rings. The number of aromatic nitrogens is 1. The molecule has 2 heterocycles. The SMILES string of the molecule is COC(=O)CC(c1ccncc1)C1C(O)NNC1Cc1ccc(OC)cc1. The van der Waals surface area contributed by atoms with Crippen LogP contribution in [0.25, 0.3) is 0 Å². The topological polar surface area (TPSA) is 92.7 Å². The minimum Gasteiger partial charge on any atom is -0.497 e. The first-order chi connectivity index (χ1) is 13.1. The Balaban J connectivity index is 1.84. The number of carbonyl (C=O) groups excluding carboxylic acids is 1. The van der Waals surface area contributed by atoms with E-state index in [0.29, 0.717) is 6.42 Å². The van der Waals surface area contributed by atoms with Crippen molar-refractivity contribution < 1.29 is 19.4 Å². The fraction of sp³-hybridized carbons (Fsp3) is 0.400. The molecule has 7 heteroatoms. The number of nitrogens with one attached hydrogen (secondary N) is 2. The lowest BCUT2D eigenvalue weighted by atomic mass is 9.78. The molecule has 3 N–H and O–H groups in total. The van der Waals surface area contributed by atoms with Gasteiger partial charge in [0, 0.05) is 30.3 Å². The molecule has 1 aliphatic heterocycles. The highest BCUT2D eigenvalue weighted by Crippen LogP contribution is 2.35. The van der Waals surface area contributed by atoms with E-state index in [1.54, 1.807) is 19.5 Å². The third-order valence-electron chi connectivity index (χ3n) is 5.07. The van der Waals surface area contributed by atoms with Gasteiger partial charge in [0.25, 0.3) is 0 Å². The smallest absolute Gasteiger partial charge is 0.306 e. The van der Waals surface area contributed by atoms with E-state index < -0.39 is 6.23 Å². The number of hydrogen-bond donors (Lipinski definition) is 3. The maximum atomic E-state index is 12.0. The Morgan fingerprint density at radius 2 is 1.85 bits per heavy atom. The van der Waals surface area contributed by atoms with Gasteiger partial charge >= 0.3 is 5.97 Å². The number of pyridine rings is 1. The average molecular weight is 371 g/mol. The molecule has 1 saturated heterocycles. The van der Waals surface area contributed by atoms with Crippen molar-refractivity contribution >= 4 is 5.97 Å². The Hall–Kier alpha value is -2.48. The van der Waals surface area contributed by atoms with E-state index in [1.807, 2.05) is 36.4 Å². The van der Waals surface area contributed by atoms with Crippen molar-refractivity contribution in [3.8, 4) is 5.75 Å². The molecule has 0 radical (unpaired) electrons. The summed E-state index contributed by atoms with van der Waals surface area (Å²) in [6.07, 6.45) is 3.49. The van der Waals surface area contributed by atoms with E-state index in [9.17, 15) is 9.90 Å². The van der Waals surface area contributed by atoms with Crippen LogP contribution in [0.1, 0.15) is 23.5 Å². The minimum absolute atomic E-state index is 0.0591. The Morgan fingerprint density at radius 3 is 2.48 bits per heavy atom. The van der Waals surface area contributed by atoms with Gasteiger partial charge in [-0.3, -0.25) is 15.2 Å². The molecule has 1 aromatic carbocycles. The van der Waals surface area contributed by atoms with Crippen molar-refractivity contribution in [2.45, 2.75) is 31.0 Å². The maximum Gasteiger partial charge on any atom is 0.306 e. The van der Waals surface area contributed by atoms with Crippen molar-refractivity contribution in [1.82, 2.24) is 15.8 Å². The molecular weight excluding hydrogens is 346 g/mol. The highest BCUT2D eigenvalue weighted by Gasteiger charge is 2.41. The number of nitrogens with zero attached hydrogens (tertiary/aromatic N) is 1. The van der Waals surface area contributed by atoms with Gasteiger partial charge in [-0.05, 0) is 41.8 Å². The number of methoxy groups -OCH3 is 2. The molecule has 0 amide bonds. The van der Waals surface area contributed by atoms with Gasteiger partial charge in [-0.2, -0.15) is 0 Å². The van der Waals surface area contributed by atoms with E-state index in [4.69, 9.17) is 9.47 Å². The number of aliphatic hydroxyl groups is 1. The highest BCUT2D eigenvalue weighted by atomic mass is 16.5. The fourth-order valence-electron chi connectivity index (χ4n) is 3.66. The van der Waals surface area contributed by atoms with Crippen molar-refractivity contribution in [1.29, 1.82) is 0 Å². The molecular formula is C20H25N3O4. The molecule has 0 spiro atoms. The van der Waals surface area contributed by atoms with Crippen molar-refractivity contribution in [3.05, 3.63) is 59.9 Å². The zero-order valence-corrected chi connectivity index (χ0v) is 15.5. The summed E-state index contributed by atoms with van der Waals surface area (Å²) in [5.74, 6) is 0.0714. The first-order valence-electron chi connectivity index (χ1n) is 8.91. The van der Waals surface area contributed by atoms with Gasteiger partial charge in [0.05, 0.1) is 20.6 Å². The van der Waals surface area contributed by atoms with Crippen LogP contribution in [-0.2, 0) is 16.0 Å². The Kier molecular flexibility index (Phi) is 6.39. The lowest BCUT2D eigenvalue weighted by molar-refractivity contribution is -0.141. The van der Waals surface area contributed by atoms with E-state index >= 15 is 0 Å². The van der Waals surface area contributed by atoms with Gasteiger partial charge in [0.15, 0.2) is 0 Å². The third kappa shape index (κ3) is 4.63. The quantitative estimate of drug-likeness (QED) is 0.634. The van der Waals surface area contributed by atoms with E-state index in [0.717, 1.165) is 16.9 Å². The van der Waals surface area contributed by atoms with Crippen LogP contribution in [-0.4, -0.2) is 42.5 Å². The van der Waals surface area contributed by atoms with Crippen molar-refractivity contribution in [2.75, 3.05) is 14.2 Å². The third-order valence-corrected chi connectivity index (χ3v) is 5.07. The van der Waals surface area contributed by atoms with Crippen LogP contribution in [0.15, 0.2) is 48.8 Å². The molecule has 0 saturated carbocycles. The highest BCUT2D eigenvalue weighted by molar-refractivity contribution is 5.70. The number of hydrazine groups is 1. The minimum atomic E-state index is -0.781. The number of hydrogen-bond acceptors (Lipinski definition) is 7. The van der Waals surface area contributed by atoms with Crippen LogP contribution < -0.4 is 15.6 Å². The fourth-order valence-corrected chi connectivity index (χ4v) is 3.66. The number of aliphatic hydroxyl groups excluding tert-OH is 1. The largest absolute Gasteiger partial charge is 0.497 e. The number of rotatable bonds is 7. The van der Waals surface area contributed by atoms with Crippen LogP contribution in [0.2, 0.25) is 0 Å². The molecule has 1 aromatic heterocycles. The molecule has 7 nitrogen and oxygen atoms in total. The van der Waals surface area contributed by atoms with Gasteiger partial charge in [-0.15, -0.1) is 0 Å². The lowest BCUT2D eigenvalue weighted by Gasteiger charge is -2.29. The van der Waals surface area contributed by atoms with E-state index in [1.165, 1.54) is 7.11 Å². The Bertz CT molecular complexity index is 739. The monoisotopic (exact) mass is 371 g/mol. The van der Waals surface area contributed by atoms with Crippen LogP contribution >= 0.6 is 0 Å². The first-order valence-corrected chi connectivity index (χ1v) is 8.91. The Labute approximate surface area is 158 Å².